The van der Waals surface area contributed by atoms with Crippen LogP contribution in [0.2, 0.25) is 0 Å². The van der Waals surface area contributed by atoms with E-state index in [4.69, 9.17) is 5.11 Å². The van der Waals surface area contributed by atoms with Gasteiger partial charge in [0.15, 0.2) is 0 Å². The molecule has 0 spiro atoms. The van der Waals surface area contributed by atoms with Crippen molar-refractivity contribution >= 4 is 29.9 Å². The fourth-order valence-corrected chi connectivity index (χ4v) is 1.92. The zero-order valence-corrected chi connectivity index (χ0v) is 11.4. The van der Waals surface area contributed by atoms with Crippen molar-refractivity contribution in [2.75, 3.05) is 6.54 Å². The molecular weight excluding hydrogens is 288 g/mol. The molecule has 1 aliphatic heterocycles. The summed E-state index contributed by atoms with van der Waals surface area (Å²) in [6, 6.07) is 4.94. The molecule has 7 heteroatoms. The average Bonchev–Trinajstić information content (AvgIpc) is 2.48. The second kappa shape index (κ2) is 6.04. The van der Waals surface area contributed by atoms with Gasteiger partial charge in [-0.2, -0.15) is 0 Å². The minimum Gasteiger partial charge on any atom is -0.478 e. The molecule has 0 bridgehead atoms. The highest BCUT2D eigenvalue weighted by Crippen LogP contribution is 2.15. The van der Waals surface area contributed by atoms with Crippen molar-refractivity contribution in [3.63, 3.8) is 0 Å². The van der Waals surface area contributed by atoms with Gasteiger partial charge in [-0.1, -0.05) is 18.2 Å². The highest BCUT2D eigenvalue weighted by atomic mass is 16.4. The lowest BCUT2D eigenvalue weighted by Crippen LogP contribution is -2.54. The minimum atomic E-state index is -1.12. The van der Waals surface area contributed by atoms with E-state index in [0.717, 1.165) is 4.90 Å². The molecule has 0 aliphatic carbocycles. The van der Waals surface area contributed by atoms with Gasteiger partial charge < -0.3 is 5.11 Å². The topological polar surface area (TPSA) is 104 Å². The third-order valence-electron chi connectivity index (χ3n) is 2.94. The highest BCUT2D eigenvalue weighted by Gasteiger charge is 2.34. The SMILES string of the molecule is C=CCN1C(=O)NC(=O)/C(=C/c2cccc(C(=O)O)c2)C1=O. The van der Waals surface area contributed by atoms with Gasteiger partial charge in [-0.15, -0.1) is 6.58 Å². The zero-order valence-electron chi connectivity index (χ0n) is 11.4. The van der Waals surface area contributed by atoms with Crippen LogP contribution in [0.1, 0.15) is 15.9 Å². The first-order chi connectivity index (χ1) is 10.4. The van der Waals surface area contributed by atoms with Crippen LogP contribution < -0.4 is 5.32 Å². The number of carboxylic acid groups (broad SMARTS) is 1. The molecule has 1 saturated heterocycles. The Labute approximate surface area is 125 Å². The summed E-state index contributed by atoms with van der Waals surface area (Å²) in [6.07, 6.45) is 2.60. The molecule has 1 aromatic rings. The van der Waals surface area contributed by atoms with E-state index in [1.165, 1.54) is 30.4 Å². The molecule has 1 aliphatic rings. The third kappa shape index (κ3) is 2.93. The van der Waals surface area contributed by atoms with Gasteiger partial charge >= 0.3 is 12.0 Å². The van der Waals surface area contributed by atoms with E-state index in [1.54, 1.807) is 6.07 Å². The molecule has 2 N–H and O–H groups in total. The van der Waals surface area contributed by atoms with E-state index < -0.39 is 23.8 Å². The molecule has 0 unspecified atom stereocenters. The molecule has 112 valence electrons. The molecule has 1 fully saturated rings. The van der Waals surface area contributed by atoms with Crippen LogP contribution in [0.15, 0.2) is 42.5 Å². The lowest BCUT2D eigenvalue weighted by molar-refractivity contribution is -0.129. The number of carbonyl (C=O) groups is 4. The number of nitrogens with one attached hydrogen (secondary N) is 1. The number of benzene rings is 1. The number of hydrogen-bond donors (Lipinski definition) is 2. The fourth-order valence-electron chi connectivity index (χ4n) is 1.92. The Hall–Kier alpha value is -3.22. The maximum Gasteiger partial charge on any atom is 0.335 e. The van der Waals surface area contributed by atoms with Gasteiger partial charge in [-0.3, -0.25) is 19.8 Å². The predicted octanol–water partition coefficient (Wildman–Crippen LogP) is 1.03. The molecule has 1 aromatic carbocycles. The minimum absolute atomic E-state index is 0.0250. The van der Waals surface area contributed by atoms with E-state index in [1.807, 2.05) is 5.32 Å². The number of carbonyl (C=O) groups excluding carboxylic acids is 3. The van der Waals surface area contributed by atoms with Crippen molar-refractivity contribution in [3.8, 4) is 0 Å². The van der Waals surface area contributed by atoms with Gasteiger partial charge in [-0.05, 0) is 23.8 Å². The van der Waals surface area contributed by atoms with Gasteiger partial charge in [0.2, 0.25) is 0 Å². The summed E-state index contributed by atoms with van der Waals surface area (Å²) in [5, 5.41) is 11.0. The lowest BCUT2D eigenvalue weighted by atomic mass is 10.1. The summed E-state index contributed by atoms with van der Waals surface area (Å²) >= 11 is 0. The van der Waals surface area contributed by atoms with Crippen molar-refractivity contribution in [1.82, 2.24) is 10.2 Å². The van der Waals surface area contributed by atoms with E-state index in [-0.39, 0.29) is 17.7 Å². The number of amides is 4. The Kier molecular flexibility index (Phi) is 4.17. The van der Waals surface area contributed by atoms with Crippen LogP contribution in [-0.4, -0.2) is 40.4 Å². The van der Waals surface area contributed by atoms with Gasteiger partial charge in [-0.25, -0.2) is 9.59 Å². The number of hydrogen-bond acceptors (Lipinski definition) is 4. The molecule has 22 heavy (non-hydrogen) atoms. The van der Waals surface area contributed by atoms with Gasteiger partial charge in [0.1, 0.15) is 5.57 Å². The zero-order chi connectivity index (χ0) is 16.3. The van der Waals surface area contributed by atoms with E-state index in [2.05, 4.69) is 6.58 Å². The first-order valence-corrected chi connectivity index (χ1v) is 6.27. The maximum absolute atomic E-state index is 12.2. The summed E-state index contributed by atoms with van der Waals surface area (Å²) in [4.78, 5) is 47.3. The van der Waals surface area contributed by atoms with Crippen molar-refractivity contribution in [3.05, 3.63) is 53.6 Å². The Morgan fingerprint density at radius 1 is 1.32 bits per heavy atom. The third-order valence-corrected chi connectivity index (χ3v) is 2.94. The predicted molar refractivity (Wildman–Crippen MR) is 76.8 cm³/mol. The first kappa shape index (κ1) is 15.2. The molecule has 7 nitrogen and oxygen atoms in total. The Bertz CT molecular complexity index is 720. The van der Waals surface area contributed by atoms with E-state index in [0.29, 0.717) is 5.56 Å². The van der Waals surface area contributed by atoms with Crippen LogP contribution >= 0.6 is 0 Å². The smallest absolute Gasteiger partial charge is 0.335 e. The number of urea groups is 1. The number of imide groups is 2. The molecule has 0 aromatic heterocycles. The maximum atomic E-state index is 12.2. The summed E-state index contributed by atoms with van der Waals surface area (Å²) in [5.74, 6) is -2.70. The summed E-state index contributed by atoms with van der Waals surface area (Å²) in [7, 11) is 0. The second-order valence-corrected chi connectivity index (χ2v) is 4.45. The van der Waals surface area contributed by atoms with Crippen molar-refractivity contribution < 1.29 is 24.3 Å². The van der Waals surface area contributed by atoms with E-state index >= 15 is 0 Å². The van der Waals surface area contributed by atoms with Gasteiger partial charge in [0.05, 0.1) is 5.56 Å². The first-order valence-electron chi connectivity index (χ1n) is 6.27. The number of carboxylic acids is 1. The molecule has 2 rings (SSSR count). The molecule has 4 amide bonds. The molecule has 0 radical (unpaired) electrons. The molecular formula is C15H12N2O5. The van der Waals surface area contributed by atoms with Crippen LogP contribution in [0.25, 0.3) is 6.08 Å². The quantitative estimate of drug-likeness (QED) is 0.491. The Morgan fingerprint density at radius 2 is 2.05 bits per heavy atom. The molecule has 0 atom stereocenters. The van der Waals surface area contributed by atoms with Crippen LogP contribution in [0.4, 0.5) is 4.79 Å². The number of aromatic carboxylic acids is 1. The van der Waals surface area contributed by atoms with Crippen molar-refractivity contribution in [1.29, 1.82) is 0 Å². The number of nitrogens with zero attached hydrogens (tertiary/aromatic N) is 1. The Morgan fingerprint density at radius 3 is 2.68 bits per heavy atom. The molecule has 1 heterocycles. The monoisotopic (exact) mass is 300 g/mol. The average molecular weight is 300 g/mol. The van der Waals surface area contributed by atoms with Crippen LogP contribution in [0.3, 0.4) is 0 Å². The largest absolute Gasteiger partial charge is 0.478 e. The number of barbiturate groups is 1. The standard InChI is InChI=1S/C15H12N2O5/c1-2-6-17-13(19)11(12(18)16-15(17)22)8-9-4-3-5-10(7-9)14(20)21/h2-5,7-8H,1,6H2,(H,20,21)(H,16,18,22)/b11-8-. The Balaban J connectivity index is 2.40. The van der Waals surface area contributed by atoms with E-state index in [9.17, 15) is 19.2 Å². The summed E-state index contributed by atoms with van der Waals surface area (Å²) in [6.45, 7) is 3.40. The van der Waals surface area contributed by atoms with Crippen molar-refractivity contribution in [2.45, 2.75) is 0 Å². The van der Waals surface area contributed by atoms with Crippen molar-refractivity contribution in [2.24, 2.45) is 0 Å². The van der Waals surface area contributed by atoms with Crippen LogP contribution in [0.5, 0.6) is 0 Å². The summed E-state index contributed by atoms with van der Waals surface area (Å²) < 4.78 is 0. The van der Waals surface area contributed by atoms with Gasteiger partial charge in [0.25, 0.3) is 11.8 Å². The molecule has 0 saturated carbocycles. The normalized spacial score (nSPS) is 16.6. The van der Waals surface area contributed by atoms with Crippen LogP contribution in [-0.2, 0) is 9.59 Å². The fraction of sp³-hybridized carbons (Fsp3) is 0.0667. The highest BCUT2D eigenvalue weighted by molar-refractivity contribution is 6.31. The second-order valence-electron chi connectivity index (χ2n) is 4.45. The summed E-state index contributed by atoms with van der Waals surface area (Å²) in [5.41, 5.74) is 0.146. The number of rotatable bonds is 4. The lowest BCUT2D eigenvalue weighted by Gasteiger charge is -2.25. The van der Waals surface area contributed by atoms with Gasteiger partial charge in [0, 0.05) is 6.54 Å². The van der Waals surface area contributed by atoms with Crippen LogP contribution in [0, 0.1) is 0 Å².